The minimum absolute atomic E-state index is 0.447. The zero-order valence-corrected chi connectivity index (χ0v) is 3.51. The molecule has 0 aromatic rings. The van der Waals surface area contributed by atoms with E-state index in [-0.39, 0.29) is 0 Å². The van der Waals surface area contributed by atoms with Gasteiger partial charge in [-0.2, -0.15) is 0 Å². The van der Waals surface area contributed by atoms with E-state index in [0.29, 0.717) is 0 Å². The molecule has 0 spiro atoms. The van der Waals surface area contributed by atoms with Gasteiger partial charge in [0, 0.05) is 0 Å². The minimum atomic E-state index is -1.01. The average Bonchev–Trinajstić information content (AvgIpc) is 1.73. The summed E-state index contributed by atoms with van der Waals surface area (Å²) in [7, 11) is 0. The van der Waals surface area contributed by atoms with E-state index in [1.54, 1.807) is 0 Å². The molecule has 3 heteroatoms. The van der Waals surface area contributed by atoms with Crippen molar-refractivity contribution in [3.63, 3.8) is 0 Å². The molecule has 1 aliphatic heterocycles. The third-order valence-electron chi connectivity index (χ3n) is 0.836. The van der Waals surface area contributed by atoms with Gasteiger partial charge in [-0.05, 0) is 6.92 Å². The van der Waals surface area contributed by atoms with Crippen LogP contribution in [-0.4, -0.2) is 17.1 Å². The molecule has 0 aromatic carbocycles. The fourth-order valence-corrected chi connectivity index (χ4v) is 0.223. The Hall–Kier alpha value is -0.120. The number of nitrogens with two attached hydrogens (primary N) is 1. The predicted octanol–water partition coefficient (Wildman–Crippen LogP) is -0.990. The van der Waals surface area contributed by atoms with Crippen LogP contribution in [0.5, 0.6) is 0 Å². The lowest BCUT2D eigenvalue weighted by molar-refractivity contribution is 0.0549. The van der Waals surface area contributed by atoms with Crippen molar-refractivity contribution in [3.05, 3.63) is 0 Å². The number of epoxide rings is 1. The van der Waals surface area contributed by atoms with E-state index < -0.39 is 12.0 Å². The van der Waals surface area contributed by atoms with E-state index in [2.05, 4.69) is 4.74 Å². The van der Waals surface area contributed by atoms with E-state index in [1.807, 2.05) is 0 Å². The molecule has 0 radical (unpaired) electrons. The predicted molar refractivity (Wildman–Crippen MR) is 19.7 cm³/mol. The Labute approximate surface area is 35.7 Å². The minimum Gasteiger partial charge on any atom is -0.363 e. The lowest BCUT2D eigenvalue weighted by Gasteiger charge is -1.84. The number of hydrogen-bond donors (Lipinski definition) is 2. The Kier molecular flexibility index (Phi) is 0.508. The smallest absolute Gasteiger partial charge is 0.205 e. The van der Waals surface area contributed by atoms with Gasteiger partial charge in [-0.3, -0.25) is 0 Å². The quantitative estimate of drug-likeness (QED) is 0.374. The topological polar surface area (TPSA) is 58.8 Å². The van der Waals surface area contributed by atoms with Crippen molar-refractivity contribution >= 4 is 0 Å². The first-order chi connectivity index (χ1) is 2.63. The molecule has 0 aliphatic carbocycles. The zero-order chi connectivity index (χ0) is 4.78. The van der Waals surface area contributed by atoms with E-state index in [1.165, 1.54) is 6.92 Å². The highest BCUT2D eigenvalue weighted by Gasteiger charge is 2.48. The number of rotatable bonds is 0. The highest BCUT2D eigenvalue weighted by atomic mass is 16.7. The SMILES string of the molecule is CC1(O)OC1N. The second-order valence-corrected chi connectivity index (χ2v) is 1.59. The summed E-state index contributed by atoms with van der Waals surface area (Å²) < 4.78 is 4.44. The van der Waals surface area contributed by atoms with Crippen LogP contribution in [0.1, 0.15) is 6.92 Å². The molecule has 2 atom stereocenters. The summed E-state index contributed by atoms with van der Waals surface area (Å²) >= 11 is 0. The summed E-state index contributed by atoms with van der Waals surface area (Å²) in [5.74, 6) is -1.01. The van der Waals surface area contributed by atoms with Gasteiger partial charge in [-0.15, -0.1) is 0 Å². The summed E-state index contributed by atoms with van der Waals surface area (Å²) in [5, 5.41) is 8.55. The molecule has 0 aromatic heterocycles. The van der Waals surface area contributed by atoms with Crippen molar-refractivity contribution in [1.82, 2.24) is 0 Å². The summed E-state index contributed by atoms with van der Waals surface area (Å²) in [4.78, 5) is 0. The standard InChI is InChI=1S/C3H7NO2/c1-3(5)2(4)6-3/h2,5H,4H2,1H3. The summed E-state index contributed by atoms with van der Waals surface area (Å²) in [5.41, 5.74) is 5.03. The Bertz CT molecular complexity index is 71.2. The molecule has 1 saturated heterocycles. The third kappa shape index (κ3) is 0.408. The van der Waals surface area contributed by atoms with E-state index >= 15 is 0 Å². The first-order valence-electron chi connectivity index (χ1n) is 1.79. The van der Waals surface area contributed by atoms with Crippen molar-refractivity contribution in [2.45, 2.75) is 18.9 Å². The number of ether oxygens (including phenoxy) is 1. The Balaban J connectivity index is 2.41. The maximum absolute atomic E-state index is 8.55. The maximum atomic E-state index is 8.55. The van der Waals surface area contributed by atoms with Crippen molar-refractivity contribution in [2.75, 3.05) is 0 Å². The van der Waals surface area contributed by atoms with Crippen LogP contribution in [0.3, 0.4) is 0 Å². The summed E-state index contributed by atoms with van der Waals surface area (Å²) in [6.07, 6.45) is -0.447. The molecule has 1 heterocycles. The Morgan fingerprint density at radius 3 is 2.17 bits per heavy atom. The highest BCUT2D eigenvalue weighted by molar-refractivity contribution is 4.81. The summed E-state index contributed by atoms with van der Waals surface area (Å²) in [6, 6.07) is 0. The number of hydrogen-bond acceptors (Lipinski definition) is 3. The van der Waals surface area contributed by atoms with Gasteiger partial charge in [-0.1, -0.05) is 0 Å². The van der Waals surface area contributed by atoms with Crippen molar-refractivity contribution in [1.29, 1.82) is 0 Å². The van der Waals surface area contributed by atoms with Crippen LogP contribution < -0.4 is 5.73 Å². The molecule has 36 valence electrons. The lowest BCUT2D eigenvalue weighted by Crippen LogP contribution is -2.14. The first-order valence-corrected chi connectivity index (χ1v) is 1.79. The van der Waals surface area contributed by atoms with Crippen LogP contribution in [0.25, 0.3) is 0 Å². The van der Waals surface area contributed by atoms with Gasteiger partial charge >= 0.3 is 0 Å². The first kappa shape index (κ1) is 4.05. The fraction of sp³-hybridized carbons (Fsp3) is 1.00. The Morgan fingerprint density at radius 2 is 2.17 bits per heavy atom. The molecule has 1 rings (SSSR count). The van der Waals surface area contributed by atoms with Crippen LogP contribution in [0, 0.1) is 0 Å². The van der Waals surface area contributed by atoms with E-state index in [4.69, 9.17) is 10.8 Å². The summed E-state index contributed by atoms with van der Waals surface area (Å²) in [6.45, 7) is 1.53. The molecule has 2 unspecified atom stereocenters. The lowest BCUT2D eigenvalue weighted by atomic mass is 10.4. The van der Waals surface area contributed by atoms with Crippen LogP contribution in [0.15, 0.2) is 0 Å². The van der Waals surface area contributed by atoms with Crippen LogP contribution in [0.4, 0.5) is 0 Å². The fourth-order valence-electron chi connectivity index (χ4n) is 0.223. The van der Waals surface area contributed by atoms with Crippen molar-refractivity contribution in [2.24, 2.45) is 5.73 Å². The molecule has 0 saturated carbocycles. The largest absolute Gasteiger partial charge is 0.363 e. The van der Waals surface area contributed by atoms with Gasteiger partial charge in [0.1, 0.15) is 0 Å². The van der Waals surface area contributed by atoms with Gasteiger partial charge in [0.25, 0.3) is 0 Å². The van der Waals surface area contributed by atoms with Crippen LogP contribution in [-0.2, 0) is 4.74 Å². The molecular formula is C3H7NO2. The zero-order valence-electron chi connectivity index (χ0n) is 3.51. The van der Waals surface area contributed by atoms with Crippen LogP contribution in [0.2, 0.25) is 0 Å². The van der Waals surface area contributed by atoms with E-state index in [0.717, 1.165) is 0 Å². The molecule has 3 N–H and O–H groups in total. The second-order valence-electron chi connectivity index (χ2n) is 1.59. The highest BCUT2D eigenvalue weighted by Crippen LogP contribution is 2.27. The second kappa shape index (κ2) is 0.753. The number of aliphatic hydroxyl groups is 1. The molecule has 0 bridgehead atoms. The van der Waals surface area contributed by atoms with Gasteiger partial charge in [0.05, 0.1) is 0 Å². The molecular weight excluding hydrogens is 82.0 g/mol. The normalized spacial score (nSPS) is 55.5. The molecule has 6 heavy (non-hydrogen) atoms. The van der Waals surface area contributed by atoms with Gasteiger partial charge in [-0.25, -0.2) is 0 Å². The van der Waals surface area contributed by atoms with Gasteiger partial charge < -0.3 is 15.6 Å². The van der Waals surface area contributed by atoms with Crippen molar-refractivity contribution < 1.29 is 9.84 Å². The van der Waals surface area contributed by atoms with E-state index in [9.17, 15) is 0 Å². The molecule has 1 aliphatic rings. The van der Waals surface area contributed by atoms with Crippen LogP contribution >= 0.6 is 0 Å². The van der Waals surface area contributed by atoms with Gasteiger partial charge in [0.2, 0.25) is 5.79 Å². The third-order valence-corrected chi connectivity index (χ3v) is 0.836. The molecule has 3 nitrogen and oxygen atoms in total. The Morgan fingerprint density at radius 1 is 2.00 bits per heavy atom. The molecule has 0 amide bonds. The van der Waals surface area contributed by atoms with Crippen molar-refractivity contribution in [3.8, 4) is 0 Å². The molecule has 1 fully saturated rings. The maximum Gasteiger partial charge on any atom is 0.205 e. The monoisotopic (exact) mass is 89.0 g/mol. The average molecular weight is 89.1 g/mol. The van der Waals surface area contributed by atoms with Gasteiger partial charge in [0.15, 0.2) is 6.23 Å².